The van der Waals surface area contributed by atoms with E-state index in [1.165, 1.54) is 0 Å². The summed E-state index contributed by atoms with van der Waals surface area (Å²) in [5.41, 5.74) is 0.733. The number of methoxy groups -OCH3 is 1. The molecule has 2 aliphatic rings. The molecule has 35 heavy (non-hydrogen) atoms. The van der Waals surface area contributed by atoms with E-state index in [9.17, 15) is 9.59 Å². The number of fused-ring (bicyclic) bond motifs is 1. The maximum atomic E-state index is 12.3. The Bertz CT molecular complexity index is 940. The lowest BCUT2D eigenvalue weighted by Gasteiger charge is -2.33. The predicted octanol–water partition coefficient (Wildman–Crippen LogP) is 4.74. The molecule has 1 fully saturated rings. The summed E-state index contributed by atoms with van der Waals surface area (Å²) in [5.74, 6) is 1.37. The highest BCUT2D eigenvalue weighted by Crippen LogP contribution is 2.37. The highest BCUT2D eigenvalue weighted by Gasteiger charge is 2.28. The second-order valence-corrected chi connectivity index (χ2v) is 11.2. The van der Waals surface area contributed by atoms with Gasteiger partial charge in [-0.05, 0) is 66.4 Å². The van der Waals surface area contributed by atoms with Crippen LogP contribution in [0.3, 0.4) is 0 Å². The second-order valence-electron chi connectivity index (χ2n) is 11.2. The third-order valence-corrected chi connectivity index (χ3v) is 5.81. The quantitative estimate of drug-likeness (QED) is 0.533. The molecule has 0 bridgehead atoms. The Kier molecular flexibility index (Phi) is 8.18. The molecular weight excluding hydrogens is 450 g/mol. The van der Waals surface area contributed by atoms with Crippen molar-refractivity contribution in [3.63, 3.8) is 0 Å². The number of piperidine rings is 1. The Labute approximate surface area is 208 Å². The molecule has 9 heteroatoms. The lowest BCUT2D eigenvalue weighted by Crippen LogP contribution is -2.42. The maximum Gasteiger partial charge on any atom is 0.410 e. The Hall–Kier alpha value is -2.97. The molecule has 0 N–H and O–H groups in total. The molecule has 3 rings (SSSR count). The average molecular weight is 490 g/mol. The number of carbonyl (C=O) groups excluding carboxylic acids is 2. The molecule has 1 aromatic rings. The summed E-state index contributed by atoms with van der Waals surface area (Å²) in [6, 6.07) is 3.81. The van der Waals surface area contributed by atoms with Crippen molar-refractivity contribution in [3.8, 4) is 11.5 Å². The summed E-state index contributed by atoms with van der Waals surface area (Å²) < 4.78 is 22.6. The number of amides is 1. The van der Waals surface area contributed by atoms with Crippen LogP contribution in [0.25, 0.3) is 0 Å². The van der Waals surface area contributed by atoms with Crippen LogP contribution in [0, 0.1) is 11.3 Å². The van der Waals surface area contributed by atoms with E-state index >= 15 is 0 Å². The predicted molar refractivity (Wildman–Crippen MR) is 133 cm³/mol. The normalized spacial score (nSPS) is 16.5. The van der Waals surface area contributed by atoms with Crippen LogP contribution in [0.5, 0.6) is 11.5 Å². The van der Waals surface area contributed by atoms with Gasteiger partial charge in [0.15, 0.2) is 18.2 Å². The van der Waals surface area contributed by atoms with Crippen LogP contribution in [0.2, 0.25) is 0 Å². The molecule has 0 atom stereocenters. The summed E-state index contributed by atoms with van der Waals surface area (Å²) in [5, 5.41) is 0. The van der Waals surface area contributed by atoms with Gasteiger partial charge < -0.3 is 28.7 Å². The third-order valence-electron chi connectivity index (χ3n) is 5.81. The van der Waals surface area contributed by atoms with E-state index in [-0.39, 0.29) is 18.8 Å². The highest BCUT2D eigenvalue weighted by molar-refractivity contribution is 5.75. The van der Waals surface area contributed by atoms with E-state index in [4.69, 9.17) is 18.9 Å². The van der Waals surface area contributed by atoms with Crippen LogP contribution in [-0.4, -0.2) is 67.3 Å². The van der Waals surface area contributed by atoms with Gasteiger partial charge in [0.1, 0.15) is 5.60 Å². The van der Waals surface area contributed by atoms with Gasteiger partial charge in [-0.2, -0.15) is 0 Å². The van der Waals surface area contributed by atoms with Crippen molar-refractivity contribution in [2.24, 2.45) is 16.3 Å². The van der Waals surface area contributed by atoms with E-state index < -0.39 is 11.0 Å². The molecule has 194 valence electrons. The first kappa shape index (κ1) is 26.6. The number of hydrogen-bond donors (Lipinski definition) is 0. The minimum atomic E-state index is -0.549. The van der Waals surface area contributed by atoms with Gasteiger partial charge >= 0.3 is 12.1 Å². The first-order valence-corrected chi connectivity index (χ1v) is 12.1. The molecule has 2 heterocycles. The highest BCUT2D eigenvalue weighted by atomic mass is 16.6. The maximum absolute atomic E-state index is 12.3. The van der Waals surface area contributed by atoms with Gasteiger partial charge in [0.2, 0.25) is 0 Å². The lowest BCUT2D eigenvalue weighted by atomic mass is 9.98. The largest absolute Gasteiger partial charge is 0.493 e. The summed E-state index contributed by atoms with van der Waals surface area (Å²) in [4.78, 5) is 32.4. The lowest BCUT2D eigenvalue weighted by molar-refractivity contribution is -0.156. The monoisotopic (exact) mass is 489 g/mol. The standard InChI is InChI=1S/C26H39N3O6/c1-25(2,3)23(30)34-17-28-14-19-12-21(32-7)22(13-20(19)27-16-28)33-15-18-8-10-29(11-9-18)24(31)35-26(4,5)6/h12-13,16,18H,8-11,14-15,17H2,1-7H3. The van der Waals surface area contributed by atoms with Crippen molar-refractivity contribution in [1.82, 2.24) is 9.80 Å². The first-order valence-electron chi connectivity index (χ1n) is 12.1. The van der Waals surface area contributed by atoms with Crippen LogP contribution in [0.4, 0.5) is 10.5 Å². The molecule has 1 aromatic carbocycles. The van der Waals surface area contributed by atoms with E-state index in [1.807, 2.05) is 58.6 Å². The summed E-state index contributed by atoms with van der Waals surface area (Å²) in [7, 11) is 1.61. The summed E-state index contributed by atoms with van der Waals surface area (Å²) in [6.45, 7) is 13.6. The molecule has 0 unspecified atom stereocenters. The van der Waals surface area contributed by atoms with Gasteiger partial charge in [-0.25, -0.2) is 9.79 Å². The average Bonchev–Trinajstić information content (AvgIpc) is 2.79. The number of benzene rings is 1. The van der Waals surface area contributed by atoms with Crippen molar-refractivity contribution < 1.29 is 28.5 Å². The van der Waals surface area contributed by atoms with E-state index in [1.54, 1.807) is 18.3 Å². The van der Waals surface area contributed by atoms with Crippen LogP contribution in [0.1, 0.15) is 59.9 Å². The molecule has 2 aliphatic heterocycles. The van der Waals surface area contributed by atoms with E-state index in [0.717, 1.165) is 24.1 Å². The number of aliphatic imine (C=N–C) groups is 1. The second kappa shape index (κ2) is 10.7. The zero-order valence-electron chi connectivity index (χ0n) is 22.1. The fourth-order valence-electron chi connectivity index (χ4n) is 3.77. The Morgan fingerprint density at radius 2 is 1.74 bits per heavy atom. The Balaban J connectivity index is 1.54. The minimum absolute atomic E-state index is 0.140. The van der Waals surface area contributed by atoms with E-state index in [2.05, 4.69) is 4.99 Å². The molecule has 1 saturated heterocycles. The Morgan fingerprint density at radius 1 is 1.06 bits per heavy atom. The van der Waals surface area contributed by atoms with Gasteiger partial charge in [-0.3, -0.25) is 4.79 Å². The summed E-state index contributed by atoms with van der Waals surface area (Å²) in [6.07, 6.45) is 3.13. The van der Waals surface area contributed by atoms with Crippen molar-refractivity contribution >= 4 is 24.1 Å². The number of rotatable bonds is 6. The van der Waals surface area contributed by atoms with Gasteiger partial charge in [0, 0.05) is 31.3 Å². The van der Waals surface area contributed by atoms with Crippen LogP contribution in [-0.2, 0) is 20.8 Å². The van der Waals surface area contributed by atoms with Crippen molar-refractivity contribution in [2.45, 2.75) is 66.5 Å². The minimum Gasteiger partial charge on any atom is -0.493 e. The van der Waals surface area contributed by atoms with Gasteiger partial charge in [0.25, 0.3) is 0 Å². The van der Waals surface area contributed by atoms with Crippen LogP contribution < -0.4 is 9.47 Å². The van der Waals surface area contributed by atoms with Crippen LogP contribution in [0.15, 0.2) is 17.1 Å². The third kappa shape index (κ3) is 7.50. The number of nitrogens with zero attached hydrogens (tertiary/aromatic N) is 3. The molecule has 1 amide bonds. The zero-order chi connectivity index (χ0) is 25.8. The molecule has 0 spiro atoms. The Morgan fingerprint density at radius 3 is 2.34 bits per heavy atom. The van der Waals surface area contributed by atoms with Gasteiger partial charge in [-0.1, -0.05) is 0 Å². The van der Waals surface area contributed by atoms with Crippen molar-refractivity contribution in [2.75, 3.05) is 33.5 Å². The number of carbonyl (C=O) groups is 2. The molecule has 0 aliphatic carbocycles. The smallest absolute Gasteiger partial charge is 0.410 e. The fourth-order valence-corrected chi connectivity index (χ4v) is 3.77. The van der Waals surface area contributed by atoms with Crippen molar-refractivity contribution in [3.05, 3.63) is 17.7 Å². The van der Waals surface area contributed by atoms with Gasteiger partial charge in [-0.15, -0.1) is 0 Å². The molecular formula is C26H39N3O6. The molecule has 0 saturated carbocycles. The zero-order valence-corrected chi connectivity index (χ0v) is 22.1. The fraction of sp³-hybridized carbons (Fsp3) is 0.654. The topological polar surface area (TPSA) is 89.9 Å². The van der Waals surface area contributed by atoms with Crippen LogP contribution >= 0.6 is 0 Å². The van der Waals surface area contributed by atoms with E-state index in [0.29, 0.717) is 43.7 Å². The number of hydrogen-bond acceptors (Lipinski definition) is 8. The van der Waals surface area contributed by atoms with Gasteiger partial charge in [0.05, 0.1) is 31.2 Å². The number of esters is 1. The number of likely N-dealkylation sites (tertiary alicyclic amines) is 1. The molecule has 0 aromatic heterocycles. The SMILES string of the molecule is COc1cc2c(cc1OCC1CCN(C(=O)OC(C)(C)C)CC1)N=CN(COC(=O)C(C)(C)C)C2. The first-order chi connectivity index (χ1) is 16.4. The summed E-state index contributed by atoms with van der Waals surface area (Å²) >= 11 is 0. The molecule has 9 nitrogen and oxygen atoms in total. The van der Waals surface area contributed by atoms with Crippen molar-refractivity contribution in [1.29, 1.82) is 0 Å². The molecule has 0 radical (unpaired) electrons. The number of ether oxygens (including phenoxy) is 4.